The van der Waals surface area contributed by atoms with Crippen molar-refractivity contribution in [2.75, 3.05) is 13.2 Å². The van der Waals surface area contributed by atoms with Gasteiger partial charge >= 0.3 is 5.97 Å². The molecule has 6 nitrogen and oxygen atoms in total. The number of hydrogen-bond acceptors (Lipinski definition) is 5. The van der Waals surface area contributed by atoms with E-state index in [4.69, 9.17) is 9.47 Å². The summed E-state index contributed by atoms with van der Waals surface area (Å²) in [5, 5.41) is 2.72. The van der Waals surface area contributed by atoms with Crippen LogP contribution in [-0.2, 0) is 14.3 Å². The van der Waals surface area contributed by atoms with Crippen molar-refractivity contribution in [3.8, 4) is 5.75 Å². The quantitative estimate of drug-likeness (QED) is 0.581. The molecule has 3 rings (SSSR count). The highest BCUT2D eigenvalue weighted by molar-refractivity contribution is 6.08. The van der Waals surface area contributed by atoms with Crippen LogP contribution in [0.5, 0.6) is 5.75 Å². The molecule has 0 radical (unpaired) electrons. The largest absolute Gasteiger partial charge is 0.482 e. The summed E-state index contributed by atoms with van der Waals surface area (Å²) in [5.74, 6) is -0.572. The average Bonchev–Trinajstić information content (AvgIpc) is 3.49. The zero-order valence-corrected chi connectivity index (χ0v) is 14.1. The van der Waals surface area contributed by atoms with Gasteiger partial charge in [-0.15, -0.1) is 0 Å². The lowest BCUT2D eigenvalue weighted by Crippen LogP contribution is -2.31. The van der Waals surface area contributed by atoms with E-state index in [1.165, 1.54) is 0 Å². The maximum Gasteiger partial charge on any atom is 0.344 e. The number of rotatable bonds is 8. The first-order chi connectivity index (χ1) is 12.6. The molecule has 0 bridgehead atoms. The molecular weight excluding hydrogens is 334 g/mol. The van der Waals surface area contributed by atoms with E-state index < -0.39 is 5.97 Å². The minimum atomic E-state index is -0.625. The summed E-state index contributed by atoms with van der Waals surface area (Å²) in [7, 11) is 0. The Hall–Kier alpha value is -3.15. The van der Waals surface area contributed by atoms with Crippen LogP contribution in [0.25, 0.3) is 0 Å². The smallest absolute Gasteiger partial charge is 0.344 e. The van der Waals surface area contributed by atoms with Crippen molar-refractivity contribution in [3.05, 3.63) is 65.7 Å². The van der Waals surface area contributed by atoms with Crippen LogP contribution in [0.3, 0.4) is 0 Å². The second-order valence-electron chi connectivity index (χ2n) is 6.01. The average molecular weight is 353 g/mol. The van der Waals surface area contributed by atoms with Crippen LogP contribution in [0.15, 0.2) is 54.6 Å². The molecule has 6 heteroatoms. The lowest BCUT2D eigenvalue weighted by molar-refractivity contribution is -0.150. The third kappa shape index (κ3) is 5.17. The third-order valence-corrected chi connectivity index (χ3v) is 3.82. The fourth-order valence-corrected chi connectivity index (χ4v) is 2.29. The normalized spacial score (nSPS) is 12.9. The summed E-state index contributed by atoms with van der Waals surface area (Å²) in [4.78, 5) is 35.3. The molecule has 134 valence electrons. The molecule has 0 aliphatic heterocycles. The van der Waals surface area contributed by atoms with Gasteiger partial charge < -0.3 is 14.8 Å². The lowest BCUT2D eigenvalue weighted by atomic mass is 10.0. The van der Waals surface area contributed by atoms with Crippen LogP contribution in [0.4, 0.5) is 0 Å². The van der Waals surface area contributed by atoms with Crippen LogP contribution >= 0.6 is 0 Å². The van der Waals surface area contributed by atoms with Crippen molar-refractivity contribution in [2.45, 2.75) is 18.9 Å². The molecular formula is C20H19NO5. The van der Waals surface area contributed by atoms with Crippen molar-refractivity contribution < 1.29 is 23.9 Å². The van der Waals surface area contributed by atoms with Crippen molar-refractivity contribution >= 4 is 17.7 Å². The first kappa shape index (κ1) is 17.7. The molecule has 1 fully saturated rings. The Balaban J connectivity index is 1.44. The van der Waals surface area contributed by atoms with E-state index in [-0.39, 0.29) is 30.9 Å². The number of ketones is 1. The SMILES string of the molecule is O=C(COC(=O)COc1ccc(C(=O)c2ccccc2)cc1)NC1CC1. The summed E-state index contributed by atoms with van der Waals surface area (Å²) in [5.41, 5.74) is 1.14. The molecule has 1 saturated carbocycles. The van der Waals surface area contributed by atoms with E-state index in [9.17, 15) is 14.4 Å². The predicted octanol–water partition coefficient (Wildman–Crippen LogP) is 2.12. The van der Waals surface area contributed by atoms with Gasteiger partial charge in [-0.05, 0) is 37.1 Å². The van der Waals surface area contributed by atoms with Gasteiger partial charge in [0.25, 0.3) is 5.91 Å². The Morgan fingerprint density at radius 2 is 1.54 bits per heavy atom. The van der Waals surface area contributed by atoms with E-state index in [1.54, 1.807) is 48.5 Å². The molecule has 1 aliphatic rings. The molecule has 0 atom stereocenters. The van der Waals surface area contributed by atoms with Gasteiger partial charge in [-0.3, -0.25) is 9.59 Å². The highest BCUT2D eigenvalue weighted by atomic mass is 16.6. The number of hydrogen-bond donors (Lipinski definition) is 1. The Bertz CT molecular complexity index is 782. The maximum absolute atomic E-state index is 12.3. The van der Waals surface area contributed by atoms with Crippen LogP contribution in [0.1, 0.15) is 28.8 Å². The molecule has 0 saturated heterocycles. The third-order valence-electron chi connectivity index (χ3n) is 3.82. The summed E-state index contributed by atoms with van der Waals surface area (Å²) in [6.45, 7) is -0.605. The Labute approximate surface area is 151 Å². The molecule has 1 aliphatic carbocycles. The molecule has 26 heavy (non-hydrogen) atoms. The van der Waals surface area contributed by atoms with E-state index in [1.807, 2.05) is 6.07 Å². The maximum atomic E-state index is 12.3. The second kappa shape index (κ2) is 8.29. The Morgan fingerprint density at radius 3 is 2.19 bits per heavy atom. The van der Waals surface area contributed by atoms with Crippen LogP contribution in [-0.4, -0.2) is 36.9 Å². The van der Waals surface area contributed by atoms with E-state index >= 15 is 0 Å². The molecule has 1 amide bonds. The number of esters is 1. The minimum absolute atomic E-state index is 0.0850. The summed E-state index contributed by atoms with van der Waals surface area (Å²) in [6.07, 6.45) is 1.96. The van der Waals surface area contributed by atoms with Crippen molar-refractivity contribution in [3.63, 3.8) is 0 Å². The number of ether oxygens (including phenoxy) is 2. The Morgan fingerprint density at radius 1 is 0.885 bits per heavy atom. The van der Waals surface area contributed by atoms with Gasteiger partial charge in [-0.1, -0.05) is 30.3 Å². The monoisotopic (exact) mass is 353 g/mol. The molecule has 0 aromatic heterocycles. The molecule has 2 aromatic carbocycles. The van der Waals surface area contributed by atoms with Crippen molar-refractivity contribution in [2.24, 2.45) is 0 Å². The number of amides is 1. The van der Waals surface area contributed by atoms with Gasteiger partial charge in [0, 0.05) is 17.2 Å². The first-order valence-electron chi connectivity index (χ1n) is 8.39. The van der Waals surface area contributed by atoms with Gasteiger partial charge in [-0.25, -0.2) is 4.79 Å². The van der Waals surface area contributed by atoms with E-state index in [0.29, 0.717) is 16.9 Å². The Kier molecular flexibility index (Phi) is 5.63. The minimum Gasteiger partial charge on any atom is -0.482 e. The number of carbonyl (C=O) groups is 3. The summed E-state index contributed by atoms with van der Waals surface area (Å²) in [6, 6.07) is 15.7. The van der Waals surface area contributed by atoms with Crippen LogP contribution < -0.4 is 10.1 Å². The summed E-state index contributed by atoms with van der Waals surface area (Å²) < 4.78 is 10.2. The molecule has 0 unspecified atom stereocenters. The van der Waals surface area contributed by atoms with Crippen LogP contribution in [0, 0.1) is 0 Å². The van der Waals surface area contributed by atoms with Gasteiger partial charge in [-0.2, -0.15) is 0 Å². The molecule has 1 N–H and O–H groups in total. The van der Waals surface area contributed by atoms with Gasteiger partial charge in [0.1, 0.15) is 5.75 Å². The highest BCUT2D eigenvalue weighted by Crippen LogP contribution is 2.18. The summed E-state index contributed by atoms with van der Waals surface area (Å²) >= 11 is 0. The second-order valence-corrected chi connectivity index (χ2v) is 6.01. The molecule has 2 aromatic rings. The van der Waals surface area contributed by atoms with Crippen molar-refractivity contribution in [1.82, 2.24) is 5.32 Å². The fourth-order valence-electron chi connectivity index (χ4n) is 2.29. The number of benzene rings is 2. The van der Waals surface area contributed by atoms with E-state index in [2.05, 4.69) is 5.32 Å². The zero-order valence-electron chi connectivity index (χ0n) is 14.1. The molecule has 0 heterocycles. The zero-order chi connectivity index (χ0) is 18.4. The highest BCUT2D eigenvalue weighted by Gasteiger charge is 2.23. The van der Waals surface area contributed by atoms with Gasteiger partial charge in [0.05, 0.1) is 0 Å². The van der Waals surface area contributed by atoms with Crippen LogP contribution in [0.2, 0.25) is 0 Å². The molecule has 0 spiro atoms. The standard InChI is InChI=1S/C20H19NO5/c22-18(21-16-8-9-16)12-26-19(23)13-25-17-10-6-15(7-11-17)20(24)14-4-2-1-3-5-14/h1-7,10-11,16H,8-9,12-13H2,(H,21,22). The topological polar surface area (TPSA) is 81.7 Å². The first-order valence-corrected chi connectivity index (χ1v) is 8.39. The number of carbonyl (C=O) groups excluding carboxylic acids is 3. The predicted molar refractivity (Wildman–Crippen MR) is 93.9 cm³/mol. The van der Waals surface area contributed by atoms with Gasteiger partial charge in [0.2, 0.25) is 0 Å². The van der Waals surface area contributed by atoms with E-state index in [0.717, 1.165) is 12.8 Å². The van der Waals surface area contributed by atoms with Gasteiger partial charge in [0.15, 0.2) is 19.0 Å². The number of nitrogens with one attached hydrogen (secondary N) is 1. The fraction of sp³-hybridized carbons (Fsp3) is 0.250. The lowest BCUT2D eigenvalue weighted by Gasteiger charge is -2.08. The van der Waals surface area contributed by atoms with Crippen molar-refractivity contribution in [1.29, 1.82) is 0 Å².